The lowest BCUT2D eigenvalue weighted by Gasteiger charge is -2.28. The summed E-state index contributed by atoms with van der Waals surface area (Å²) in [6, 6.07) is 5.80. The summed E-state index contributed by atoms with van der Waals surface area (Å²) >= 11 is 5.76. The quantitative estimate of drug-likeness (QED) is 0.755. The molecule has 136 valence electrons. The summed E-state index contributed by atoms with van der Waals surface area (Å²) < 4.78 is 24.5. The molecule has 6 nitrogen and oxygen atoms in total. The molecule has 24 heavy (non-hydrogen) atoms. The number of likely N-dealkylation sites (N-methyl/N-ethyl adjacent to an activating group) is 1. The van der Waals surface area contributed by atoms with Crippen LogP contribution in [0.5, 0.6) is 0 Å². The maximum Gasteiger partial charge on any atom is 0.317 e. The van der Waals surface area contributed by atoms with Crippen molar-refractivity contribution < 1.29 is 13.2 Å². The van der Waals surface area contributed by atoms with Crippen LogP contribution in [0.2, 0.25) is 5.02 Å². The summed E-state index contributed by atoms with van der Waals surface area (Å²) in [6.45, 7) is 5.25. The number of rotatable bonds is 8. The van der Waals surface area contributed by atoms with E-state index in [-0.39, 0.29) is 29.3 Å². The fraction of sp³-hybridized carbons (Fsp3) is 0.562. The number of nitrogens with one attached hydrogen (secondary N) is 1. The Labute approximate surface area is 149 Å². The van der Waals surface area contributed by atoms with E-state index in [9.17, 15) is 13.2 Å². The van der Waals surface area contributed by atoms with E-state index in [1.54, 1.807) is 4.90 Å². The Morgan fingerprint density at radius 1 is 1.17 bits per heavy atom. The number of amides is 2. The van der Waals surface area contributed by atoms with Gasteiger partial charge in [-0.3, -0.25) is 0 Å². The molecule has 0 aromatic heterocycles. The molecule has 0 fully saturated rings. The van der Waals surface area contributed by atoms with Crippen molar-refractivity contribution in [3.63, 3.8) is 0 Å². The predicted molar refractivity (Wildman–Crippen MR) is 97.3 cm³/mol. The highest BCUT2D eigenvalue weighted by atomic mass is 35.5. The molecule has 2 amide bonds. The normalized spacial score (nSPS) is 11.8. The molecule has 0 aliphatic rings. The van der Waals surface area contributed by atoms with Gasteiger partial charge in [0.25, 0.3) is 0 Å². The van der Waals surface area contributed by atoms with E-state index in [0.29, 0.717) is 11.6 Å². The molecule has 8 heteroatoms. The van der Waals surface area contributed by atoms with Crippen molar-refractivity contribution in [1.29, 1.82) is 0 Å². The van der Waals surface area contributed by atoms with Crippen LogP contribution in [-0.2, 0) is 9.84 Å². The number of carbonyl (C=O) groups excluding carboxylic acids is 1. The minimum absolute atomic E-state index is 0.0397. The zero-order valence-electron chi connectivity index (χ0n) is 14.6. The van der Waals surface area contributed by atoms with E-state index < -0.39 is 9.84 Å². The van der Waals surface area contributed by atoms with Crippen LogP contribution in [0.25, 0.3) is 0 Å². The van der Waals surface area contributed by atoms with Crippen LogP contribution in [0.4, 0.5) is 4.79 Å². The molecule has 0 heterocycles. The van der Waals surface area contributed by atoms with Crippen molar-refractivity contribution in [1.82, 2.24) is 15.1 Å². The molecule has 0 radical (unpaired) electrons. The van der Waals surface area contributed by atoms with Crippen LogP contribution in [0.15, 0.2) is 29.2 Å². The van der Waals surface area contributed by atoms with Gasteiger partial charge in [0.2, 0.25) is 0 Å². The fourth-order valence-electron chi connectivity index (χ4n) is 2.06. The minimum Gasteiger partial charge on any atom is -0.337 e. The maximum absolute atomic E-state index is 12.2. The Morgan fingerprint density at radius 2 is 1.75 bits per heavy atom. The van der Waals surface area contributed by atoms with Gasteiger partial charge in [-0.1, -0.05) is 11.6 Å². The summed E-state index contributed by atoms with van der Waals surface area (Å²) in [5.74, 6) is -0.153. The number of nitrogens with zero attached hydrogens (tertiary/aromatic N) is 2. The molecule has 1 aromatic rings. The van der Waals surface area contributed by atoms with Crippen molar-refractivity contribution >= 4 is 27.5 Å². The standard InChI is InChI=1S/C16H26ClN3O3S/c1-13(2)20(11-10-19(3)4)16(21)18-9-12-24(22,23)15-7-5-14(17)6-8-15/h5-8,13H,9-12H2,1-4H3,(H,18,21). The molecule has 0 atom stereocenters. The third-order valence-corrected chi connectivity index (χ3v) is 5.48. The molecule has 0 saturated carbocycles. The second-order valence-corrected chi connectivity index (χ2v) is 8.64. The van der Waals surface area contributed by atoms with Gasteiger partial charge < -0.3 is 15.1 Å². The largest absolute Gasteiger partial charge is 0.337 e. The zero-order chi connectivity index (χ0) is 18.3. The first-order valence-corrected chi connectivity index (χ1v) is 9.84. The lowest BCUT2D eigenvalue weighted by molar-refractivity contribution is 0.177. The number of carbonyl (C=O) groups is 1. The average Bonchev–Trinajstić information content (AvgIpc) is 2.47. The molecule has 0 aliphatic carbocycles. The van der Waals surface area contributed by atoms with Gasteiger partial charge in [0.05, 0.1) is 10.6 Å². The average molecular weight is 376 g/mol. The van der Waals surface area contributed by atoms with E-state index in [1.807, 2.05) is 32.8 Å². The van der Waals surface area contributed by atoms with Crippen LogP contribution in [0, 0.1) is 0 Å². The van der Waals surface area contributed by atoms with E-state index in [4.69, 9.17) is 11.6 Å². The summed E-state index contributed by atoms with van der Waals surface area (Å²) in [5, 5.41) is 3.17. The summed E-state index contributed by atoms with van der Waals surface area (Å²) in [5.41, 5.74) is 0. The van der Waals surface area contributed by atoms with Crippen LogP contribution in [0.1, 0.15) is 13.8 Å². The fourth-order valence-corrected chi connectivity index (χ4v) is 3.34. The Morgan fingerprint density at radius 3 is 2.25 bits per heavy atom. The third-order valence-electron chi connectivity index (χ3n) is 3.49. The maximum atomic E-state index is 12.2. The molecule has 1 N–H and O–H groups in total. The first kappa shape index (κ1) is 20.7. The van der Waals surface area contributed by atoms with Gasteiger partial charge in [-0.05, 0) is 52.2 Å². The van der Waals surface area contributed by atoms with E-state index in [1.165, 1.54) is 24.3 Å². The van der Waals surface area contributed by atoms with Gasteiger partial charge >= 0.3 is 6.03 Å². The summed E-state index contributed by atoms with van der Waals surface area (Å²) in [6.07, 6.45) is 0. The molecule has 0 aliphatic heterocycles. The molecular formula is C16H26ClN3O3S. The SMILES string of the molecule is CC(C)N(CCN(C)C)C(=O)NCCS(=O)(=O)c1ccc(Cl)cc1. The molecule has 1 aromatic carbocycles. The van der Waals surface area contributed by atoms with Crippen molar-refractivity contribution in [3.8, 4) is 0 Å². The van der Waals surface area contributed by atoms with Crippen LogP contribution in [-0.4, -0.2) is 69.8 Å². The van der Waals surface area contributed by atoms with Gasteiger partial charge in [-0.2, -0.15) is 0 Å². The van der Waals surface area contributed by atoms with Crippen molar-refractivity contribution in [3.05, 3.63) is 29.3 Å². The van der Waals surface area contributed by atoms with Crippen LogP contribution >= 0.6 is 11.6 Å². The highest BCUT2D eigenvalue weighted by Crippen LogP contribution is 2.15. The molecule has 1 rings (SSSR count). The molecule has 0 spiro atoms. The van der Waals surface area contributed by atoms with Gasteiger partial charge in [-0.25, -0.2) is 13.2 Å². The lowest BCUT2D eigenvalue weighted by Crippen LogP contribution is -2.47. The van der Waals surface area contributed by atoms with Crippen molar-refractivity contribution in [2.24, 2.45) is 0 Å². The Bertz CT molecular complexity index is 630. The number of sulfone groups is 1. The van der Waals surface area contributed by atoms with Gasteiger partial charge in [0.1, 0.15) is 0 Å². The highest BCUT2D eigenvalue weighted by molar-refractivity contribution is 7.91. The molecule has 0 saturated heterocycles. The monoisotopic (exact) mass is 375 g/mol. The smallest absolute Gasteiger partial charge is 0.317 e. The number of hydrogen-bond acceptors (Lipinski definition) is 4. The van der Waals surface area contributed by atoms with Gasteiger partial charge in [-0.15, -0.1) is 0 Å². The minimum atomic E-state index is -3.44. The van der Waals surface area contributed by atoms with Gasteiger partial charge in [0, 0.05) is 30.7 Å². The summed E-state index contributed by atoms with van der Waals surface area (Å²) in [4.78, 5) is 16.1. The number of urea groups is 1. The number of halogens is 1. The Hall–Kier alpha value is -1.31. The molecule has 0 unspecified atom stereocenters. The second kappa shape index (κ2) is 9.25. The topological polar surface area (TPSA) is 69.7 Å². The van der Waals surface area contributed by atoms with Crippen molar-refractivity contribution in [2.75, 3.05) is 39.5 Å². The molecule has 0 bridgehead atoms. The van der Waals surface area contributed by atoms with Gasteiger partial charge in [0.15, 0.2) is 9.84 Å². The third kappa shape index (κ3) is 6.67. The first-order chi connectivity index (χ1) is 11.1. The van der Waals surface area contributed by atoms with Crippen molar-refractivity contribution in [2.45, 2.75) is 24.8 Å². The van der Waals surface area contributed by atoms with Crippen LogP contribution in [0.3, 0.4) is 0 Å². The van der Waals surface area contributed by atoms with E-state index >= 15 is 0 Å². The van der Waals surface area contributed by atoms with E-state index in [0.717, 1.165) is 6.54 Å². The van der Waals surface area contributed by atoms with Crippen LogP contribution < -0.4 is 5.32 Å². The highest BCUT2D eigenvalue weighted by Gasteiger charge is 2.19. The Balaban J connectivity index is 2.57. The predicted octanol–water partition coefficient (Wildman–Crippen LogP) is 2.10. The summed E-state index contributed by atoms with van der Waals surface area (Å²) in [7, 11) is 0.435. The molecular weight excluding hydrogens is 350 g/mol. The number of hydrogen-bond donors (Lipinski definition) is 1. The lowest BCUT2D eigenvalue weighted by atomic mass is 10.3. The second-order valence-electron chi connectivity index (χ2n) is 6.10. The first-order valence-electron chi connectivity index (χ1n) is 7.81. The Kier molecular flexibility index (Phi) is 7.99. The van der Waals surface area contributed by atoms with E-state index in [2.05, 4.69) is 5.32 Å². The number of benzene rings is 1. The zero-order valence-corrected chi connectivity index (χ0v) is 16.2.